The summed E-state index contributed by atoms with van der Waals surface area (Å²) in [7, 11) is 0. The largest absolute Gasteiger partial charge is 0.480 e. The van der Waals surface area contributed by atoms with Crippen molar-refractivity contribution in [1.82, 2.24) is 14.7 Å². The van der Waals surface area contributed by atoms with Gasteiger partial charge in [-0.05, 0) is 49.4 Å². The minimum Gasteiger partial charge on any atom is -0.480 e. The zero-order valence-corrected chi connectivity index (χ0v) is 14.9. The summed E-state index contributed by atoms with van der Waals surface area (Å²) in [6.07, 6.45) is 2.44. The summed E-state index contributed by atoms with van der Waals surface area (Å²) in [6.45, 7) is 3.87. The smallest absolute Gasteiger partial charge is 0.323 e. The number of carbonyl (C=O) groups is 2. The van der Waals surface area contributed by atoms with Crippen LogP contribution in [0.3, 0.4) is 0 Å². The van der Waals surface area contributed by atoms with Gasteiger partial charge < -0.3 is 10.0 Å². The number of carbonyl (C=O) groups excluding carboxylic acids is 1. The molecule has 0 saturated heterocycles. The number of nitrogens with zero attached hydrogens (tertiary/aromatic N) is 3. The number of halogens is 1. The molecule has 0 bridgehead atoms. The normalized spacial score (nSPS) is 13.1. The lowest BCUT2D eigenvalue weighted by Gasteiger charge is -2.22. The topological polar surface area (TPSA) is 75.4 Å². The van der Waals surface area contributed by atoms with E-state index >= 15 is 0 Å². The van der Waals surface area contributed by atoms with Crippen LogP contribution in [0.4, 0.5) is 4.39 Å². The SMILES string of the molecule is CC(C)CN(CC(=O)O)C(=O)c1nn(-c2ccc(F)cc2)c2c1CCC2. The van der Waals surface area contributed by atoms with Gasteiger partial charge in [0.2, 0.25) is 0 Å². The number of hydrogen-bond donors (Lipinski definition) is 1. The number of carboxylic acids is 1. The predicted molar refractivity (Wildman–Crippen MR) is 93.9 cm³/mol. The highest BCUT2D eigenvalue weighted by Gasteiger charge is 2.30. The van der Waals surface area contributed by atoms with E-state index in [1.165, 1.54) is 17.0 Å². The Labute approximate surface area is 151 Å². The van der Waals surface area contributed by atoms with Crippen molar-refractivity contribution >= 4 is 11.9 Å². The van der Waals surface area contributed by atoms with Crippen LogP contribution in [-0.4, -0.2) is 44.8 Å². The Bertz CT molecular complexity index is 827. The van der Waals surface area contributed by atoms with Crippen molar-refractivity contribution in [2.24, 2.45) is 5.92 Å². The zero-order valence-electron chi connectivity index (χ0n) is 14.9. The molecule has 1 N–H and O–H groups in total. The fourth-order valence-electron chi connectivity index (χ4n) is 3.38. The lowest BCUT2D eigenvalue weighted by Crippen LogP contribution is -2.38. The number of rotatable bonds is 6. The van der Waals surface area contributed by atoms with Crippen molar-refractivity contribution in [3.63, 3.8) is 0 Å². The molecule has 6 nitrogen and oxygen atoms in total. The highest BCUT2D eigenvalue weighted by Crippen LogP contribution is 2.28. The van der Waals surface area contributed by atoms with Gasteiger partial charge in [-0.1, -0.05) is 13.8 Å². The summed E-state index contributed by atoms with van der Waals surface area (Å²) in [5.41, 5.74) is 2.82. The first-order valence-corrected chi connectivity index (χ1v) is 8.74. The summed E-state index contributed by atoms with van der Waals surface area (Å²) >= 11 is 0. The van der Waals surface area contributed by atoms with Gasteiger partial charge in [-0.25, -0.2) is 9.07 Å². The average molecular weight is 359 g/mol. The van der Waals surface area contributed by atoms with Gasteiger partial charge in [0.1, 0.15) is 12.4 Å². The Morgan fingerprint density at radius 1 is 1.27 bits per heavy atom. The van der Waals surface area contributed by atoms with E-state index in [1.807, 2.05) is 13.8 Å². The lowest BCUT2D eigenvalue weighted by molar-refractivity contribution is -0.137. The Balaban J connectivity index is 1.99. The Hall–Kier alpha value is -2.70. The number of fused-ring (bicyclic) bond motifs is 1. The van der Waals surface area contributed by atoms with Crippen molar-refractivity contribution in [2.45, 2.75) is 33.1 Å². The van der Waals surface area contributed by atoms with Crippen LogP contribution in [0.1, 0.15) is 42.0 Å². The van der Waals surface area contributed by atoms with E-state index in [0.29, 0.717) is 17.9 Å². The first-order chi connectivity index (χ1) is 12.4. The standard InChI is InChI=1S/C19H22FN3O3/c1-12(2)10-22(11-17(24)25)19(26)18-15-4-3-5-16(15)23(21-18)14-8-6-13(20)7-9-14/h6-9,12H,3-5,10-11H2,1-2H3,(H,24,25). The third kappa shape index (κ3) is 3.61. The molecule has 0 radical (unpaired) electrons. The first kappa shape index (κ1) is 18.1. The van der Waals surface area contributed by atoms with Crippen molar-refractivity contribution in [3.05, 3.63) is 47.0 Å². The number of hydrogen-bond acceptors (Lipinski definition) is 3. The molecule has 0 aliphatic heterocycles. The second-order valence-electron chi connectivity index (χ2n) is 6.99. The maximum Gasteiger partial charge on any atom is 0.323 e. The highest BCUT2D eigenvalue weighted by molar-refractivity contribution is 5.96. The maximum atomic E-state index is 13.2. The molecule has 3 rings (SSSR count). The quantitative estimate of drug-likeness (QED) is 0.860. The van der Waals surface area contributed by atoms with Crippen LogP contribution >= 0.6 is 0 Å². The van der Waals surface area contributed by atoms with E-state index in [-0.39, 0.29) is 24.2 Å². The molecule has 1 amide bonds. The molecule has 1 aliphatic carbocycles. The fourth-order valence-corrected chi connectivity index (χ4v) is 3.38. The number of amides is 1. The summed E-state index contributed by atoms with van der Waals surface area (Å²) in [4.78, 5) is 25.5. The van der Waals surface area contributed by atoms with Gasteiger partial charge in [0.25, 0.3) is 5.91 Å². The van der Waals surface area contributed by atoms with Crippen molar-refractivity contribution in [1.29, 1.82) is 0 Å². The first-order valence-electron chi connectivity index (χ1n) is 8.74. The number of benzene rings is 1. The molecule has 0 spiro atoms. The molecule has 138 valence electrons. The molecule has 1 heterocycles. The van der Waals surface area contributed by atoms with Gasteiger partial charge >= 0.3 is 5.97 Å². The average Bonchev–Trinajstić information content (AvgIpc) is 3.16. The van der Waals surface area contributed by atoms with Crippen LogP contribution in [0.2, 0.25) is 0 Å². The van der Waals surface area contributed by atoms with Gasteiger partial charge in [0.05, 0.1) is 5.69 Å². The monoisotopic (exact) mass is 359 g/mol. The number of aliphatic carboxylic acids is 1. The molecule has 0 saturated carbocycles. The van der Waals surface area contributed by atoms with Gasteiger partial charge in [0.15, 0.2) is 5.69 Å². The third-order valence-corrected chi connectivity index (χ3v) is 4.40. The summed E-state index contributed by atoms with van der Waals surface area (Å²) < 4.78 is 14.9. The summed E-state index contributed by atoms with van der Waals surface area (Å²) in [6, 6.07) is 5.96. The third-order valence-electron chi connectivity index (χ3n) is 4.40. The van der Waals surface area contributed by atoms with Crippen LogP contribution in [0.15, 0.2) is 24.3 Å². The molecule has 1 aliphatic rings. The molecule has 0 atom stereocenters. The van der Waals surface area contributed by atoms with E-state index in [4.69, 9.17) is 5.11 Å². The number of carboxylic acid groups (broad SMARTS) is 1. The fraction of sp³-hybridized carbons (Fsp3) is 0.421. The molecule has 26 heavy (non-hydrogen) atoms. The maximum absolute atomic E-state index is 13.2. The molecule has 7 heteroatoms. The van der Waals surface area contributed by atoms with Crippen LogP contribution in [0.5, 0.6) is 0 Å². The van der Waals surface area contributed by atoms with Crippen LogP contribution < -0.4 is 0 Å². The van der Waals surface area contributed by atoms with Gasteiger partial charge in [-0.3, -0.25) is 9.59 Å². The van der Waals surface area contributed by atoms with Gasteiger partial charge in [-0.15, -0.1) is 0 Å². The predicted octanol–water partition coefficient (Wildman–Crippen LogP) is 2.68. The molecule has 1 aromatic carbocycles. The van der Waals surface area contributed by atoms with Crippen molar-refractivity contribution < 1.29 is 19.1 Å². The molecule has 0 fully saturated rings. The Morgan fingerprint density at radius 3 is 2.58 bits per heavy atom. The minimum atomic E-state index is -1.05. The van der Waals surface area contributed by atoms with E-state index in [9.17, 15) is 14.0 Å². The second-order valence-corrected chi connectivity index (χ2v) is 6.99. The number of aromatic nitrogens is 2. The van der Waals surface area contributed by atoms with E-state index in [2.05, 4.69) is 5.10 Å². The van der Waals surface area contributed by atoms with Gasteiger partial charge in [0, 0.05) is 17.8 Å². The molecular weight excluding hydrogens is 337 g/mol. The van der Waals surface area contributed by atoms with E-state index in [1.54, 1.807) is 16.8 Å². The van der Waals surface area contributed by atoms with E-state index in [0.717, 1.165) is 30.5 Å². The van der Waals surface area contributed by atoms with Crippen molar-refractivity contribution in [3.8, 4) is 5.69 Å². The minimum absolute atomic E-state index is 0.144. The van der Waals surface area contributed by atoms with Crippen LogP contribution in [0.25, 0.3) is 5.69 Å². The highest BCUT2D eigenvalue weighted by atomic mass is 19.1. The van der Waals surface area contributed by atoms with E-state index < -0.39 is 5.97 Å². The van der Waals surface area contributed by atoms with Crippen LogP contribution in [-0.2, 0) is 17.6 Å². The van der Waals surface area contributed by atoms with Gasteiger partial charge in [-0.2, -0.15) is 5.10 Å². The zero-order chi connectivity index (χ0) is 18.8. The summed E-state index contributed by atoms with van der Waals surface area (Å²) in [5, 5.41) is 13.6. The molecule has 1 aromatic heterocycles. The lowest BCUT2D eigenvalue weighted by atomic mass is 10.1. The molecule has 0 unspecified atom stereocenters. The molecular formula is C19H22FN3O3. The Kier molecular flexibility index (Phi) is 5.06. The summed E-state index contributed by atoms with van der Waals surface area (Å²) in [5.74, 6) is -1.60. The molecule has 2 aromatic rings. The van der Waals surface area contributed by atoms with Crippen molar-refractivity contribution in [2.75, 3.05) is 13.1 Å². The second kappa shape index (κ2) is 7.27. The Morgan fingerprint density at radius 2 is 1.96 bits per heavy atom. The van der Waals surface area contributed by atoms with Crippen LogP contribution in [0, 0.1) is 11.7 Å².